The largest absolute Gasteiger partial charge is 0.493 e. The topological polar surface area (TPSA) is 56.8 Å². The Morgan fingerprint density at radius 2 is 1.93 bits per heavy atom. The second kappa shape index (κ2) is 9.67. The summed E-state index contributed by atoms with van der Waals surface area (Å²) in [6, 6.07) is 12.7. The van der Waals surface area contributed by atoms with Gasteiger partial charge in [0.1, 0.15) is 12.4 Å². The van der Waals surface area contributed by atoms with Gasteiger partial charge in [-0.15, -0.1) is 0 Å². The van der Waals surface area contributed by atoms with E-state index in [9.17, 15) is 4.79 Å². The Labute approximate surface area is 161 Å². The minimum absolute atomic E-state index is 0.0591. The van der Waals surface area contributed by atoms with Crippen molar-refractivity contribution in [1.29, 1.82) is 0 Å². The molecule has 5 nitrogen and oxygen atoms in total. The fraction of sp³-hybridized carbons (Fsp3) is 0.318. The van der Waals surface area contributed by atoms with E-state index in [4.69, 9.17) is 14.2 Å². The zero-order chi connectivity index (χ0) is 19.8. The highest BCUT2D eigenvalue weighted by Gasteiger charge is 2.10. The maximum atomic E-state index is 12.4. The second-order valence-electron chi connectivity index (χ2n) is 6.61. The molecule has 27 heavy (non-hydrogen) atoms. The lowest BCUT2D eigenvalue weighted by Gasteiger charge is -2.15. The lowest BCUT2D eigenvalue weighted by atomic mass is 10.1. The predicted octanol–water partition coefficient (Wildman–Crippen LogP) is 4.37. The van der Waals surface area contributed by atoms with E-state index < -0.39 is 0 Å². The molecule has 0 aliphatic heterocycles. The monoisotopic (exact) mass is 369 g/mol. The normalized spacial score (nSPS) is 10.4. The Morgan fingerprint density at radius 3 is 2.59 bits per heavy atom. The first kappa shape index (κ1) is 20.4. The molecule has 144 valence electrons. The summed E-state index contributed by atoms with van der Waals surface area (Å²) in [5.41, 5.74) is 2.38. The summed E-state index contributed by atoms with van der Waals surface area (Å²) < 4.78 is 16.7. The second-order valence-corrected chi connectivity index (χ2v) is 6.61. The quantitative estimate of drug-likeness (QED) is 0.667. The van der Waals surface area contributed by atoms with Crippen LogP contribution in [0.1, 0.15) is 36.7 Å². The number of carbonyl (C=O) groups is 1. The lowest BCUT2D eigenvalue weighted by molar-refractivity contribution is 0.0950. The summed E-state index contributed by atoms with van der Waals surface area (Å²) in [5.74, 6) is 1.80. The molecule has 0 unspecified atom stereocenters. The molecule has 0 atom stereocenters. The van der Waals surface area contributed by atoms with Crippen molar-refractivity contribution in [3.63, 3.8) is 0 Å². The predicted molar refractivity (Wildman–Crippen MR) is 107 cm³/mol. The first-order valence-corrected chi connectivity index (χ1v) is 8.88. The minimum Gasteiger partial charge on any atom is -0.493 e. The molecule has 0 heterocycles. The molecule has 0 aliphatic rings. The maximum absolute atomic E-state index is 12.4. The molecule has 0 spiro atoms. The third-order valence-electron chi connectivity index (χ3n) is 3.63. The smallest absolute Gasteiger partial charge is 0.251 e. The van der Waals surface area contributed by atoms with Crippen LogP contribution in [-0.4, -0.2) is 25.7 Å². The number of nitrogens with one attached hydrogen (secondary N) is 1. The number of benzene rings is 2. The van der Waals surface area contributed by atoms with E-state index in [1.807, 2.05) is 45.0 Å². The van der Waals surface area contributed by atoms with Gasteiger partial charge < -0.3 is 19.5 Å². The Balaban J connectivity index is 2.01. The SMILES string of the molecule is C=C(C)COc1cccc(C(=O)NCc2ccc(OC(C)C)c(OC)c2)c1. The van der Waals surface area contributed by atoms with Crippen LogP contribution in [0.2, 0.25) is 0 Å². The zero-order valence-corrected chi connectivity index (χ0v) is 16.4. The lowest BCUT2D eigenvalue weighted by Crippen LogP contribution is -2.22. The molecule has 1 amide bonds. The number of ether oxygens (including phenoxy) is 3. The maximum Gasteiger partial charge on any atom is 0.251 e. The summed E-state index contributed by atoms with van der Waals surface area (Å²) >= 11 is 0. The Hall–Kier alpha value is -2.95. The van der Waals surface area contributed by atoms with E-state index in [0.717, 1.165) is 11.1 Å². The highest BCUT2D eigenvalue weighted by molar-refractivity contribution is 5.94. The van der Waals surface area contributed by atoms with Gasteiger partial charge >= 0.3 is 0 Å². The van der Waals surface area contributed by atoms with Gasteiger partial charge in [0.05, 0.1) is 13.2 Å². The number of amides is 1. The van der Waals surface area contributed by atoms with Crippen molar-refractivity contribution in [1.82, 2.24) is 5.32 Å². The molecule has 0 saturated carbocycles. The van der Waals surface area contributed by atoms with E-state index in [1.165, 1.54) is 0 Å². The molecule has 0 bridgehead atoms. The average Bonchev–Trinajstić information content (AvgIpc) is 2.65. The molecule has 0 aliphatic carbocycles. The number of methoxy groups -OCH3 is 1. The molecule has 2 rings (SSSR count). The average molecular weight is 369 g/mol. The summed E-state index contributed by atoms with van der Waals surface area (Å²) in [5, 5.41) is 2.91. The first-order valence-electron chi connectivity index (χ1n) is 8.88. The molecule has 2 aromatic rings. The molecule has 5 heteroatoms. The van der Waals surface area contributed by atoms with Crippen molar-refractivity contribution < 1.29 is 19.0 Å². The minimum atomic E-state index is -0.169. The standard InChI is InChI=1S/C22H27NO4/c1-15(2)14-26-19-8-6-7-18(12-19)22(24)23-13-17-9-10-20(27-16(3)4)21(11-17)25-5/h6-12,16H,1,13-14H2,2-5H3,(H,23,24). The van der Waals surface area contributed by atoms with Gasteiger partial charge in [-0.3, -0.25) is 4.79 Å². The highest BCUT2D eigenvalue weighted by atomic mass is 16.5. The molecule has 0 saturated heterocycles. The molecule has 0 aromatic heterocycles. The van der Waals surface area contributed by atoms with Gasteiger partial charge in [-0.25, -0.2) is 0 Å². The Bertz CT molecular complexity index is 799. The first-order chi connectivity index (χ1) is 12.9. The van der Waals surface area contributed by atoms with E-state index in [2.05, 4.69) is 11.9 Å². The Kier molecular flexibility index (Phi) is 7.29. The van der Waals surface area contributed by atoms with Crippen molar-refractivity contribution in [3.05, 3.63) is 65.7 Å². The van der Waals surface area contributed by atoms with Crippen LogP contribution in [0.5, 0.6) is 17.2 Å². The summed E-state index contributed by atoms with van der Waals surface area (Å²) in [7, 11) is 1.60. The number of hydrogen-bond donors (Lipinski definition) is 1. The number of rotatable bonds is 9. The van der Waals surface area contributed by atoms with Crippen molar-refractivity contribution in [3.8, 4) is 17.2 Å². The van der Waals surface area contributed by atoms with Gasteiger partial charge in [-0.1, -0.05) is 18.7 Å². The van der Waals surface area contributed by atoms with Crippen LogP contribution in [0.25, 0.3) is 0 Å². The van der Waals surface area contributed by atoms with Gasteiger partial charge in [0, 0.05) is 12.1 Å². The Morgan fingerprint density at radius 1 is 1.15 bits per heavy atom. The molecule has 0 radical (unpaired) electrons. The molecule has 2 aromatic carbocycles. The van der Waals surface area contributed by atoms with Crippen LogP contribution in [-0.2, 0) is 6.54 Å². The van der Waals surface area contributed by atoms with Crippen LogP contribution in [0, 0.1) is 0 Å². The van der Waals surface area contributed by atoms with Crippen molar-refractivity contribution in [2.24, 2.45) is 0 Å². The third-order valence-corrected chi connectivity index (χ3v) is 3.63. The summed E-state index contributed by atoms with van der Waals surface area (Å²) in [6.07, 6.45) is 0.0591. The van der Waals surface area contributed by atoms with E-state index >= 15 is 0 Å². The van der Waals surface area contributed by atoms with Gasteiger partial charge in [0.2, 0.25) is 0 Å². The molecular formula is C22H27NO4. The van der Waals surface area contributed by atoms with Gasteiger partial charge in [0.15, 0.2) is 11.5 Å². The van der Waals surface area contributed by atoms with Crippen LogP contribution in [0.3, 0.4) is 0 Å². The van der Waals surface area contributed by atoms with Crippen molar-refractivity contribution >= 4 is 5.91 Å². The van der Waals surface area contributed by atoms with Crippen LogP contribution in [0.4, 0.5) is 0 Å². The van der Waals surface area contributed by atoms with Crippen LogP contribution >= 0.6 is 0 Å². The highest BCUT2D eigenvalue weighted by Crippen LogP contribution is 2.29. The van der Waals surface area contributed by atoms with Crippen LogP contribution in [0.15, 0.2) is 54.6 Å². The van der Waals surface area contributed by atoms with E-state index in [0.29, 0.717) is 36.0 Å². The molecular weight excluding hydrogens is 342 g/mol. The number of hydrogen-bond acceptors (Lipinski definition) is 4. The molecule has 0 fully saturated rings. The van der Waals surface area contributed by atoms with Gasteiger partial charge in [-0.2, -0.15) is 0 Å². The van der Waals surface area contributed by atoms with Crippen molar-refractivity contribution in [2.75, 3.05) is 13.7 Å². The summed E-state index contributed by atoms with van der Waals surface area (Å²) in [4.78, 5) is 12.4. The summed E-state index contributed by atoms with van der Waals surface area (Å²) in [6.45, 7) is 10.4. The fourth-order valence-electron chi connectivity index (χ4n) is 2.39. The van der Waals surface area contributed by atoms with Gasteiger partial charge in [-0.05, 0) is 62.2 Å². The van der Waals surface area contributed by atoms with Crippen LogP contribution < -0.4 is 19.5 Å². The molecule has 1 N–H and O–H groups in total. The van der Waals surface area contributed by atoms with Crippen molar-refractivity contribution in [2.45, 2.75) is 33.4 Å². The zero-order valence-electron chi connectivity index (χ0n) is 16.4. The van der Waals surface area contributed by atoms with Gasteiger partial charge in [0.25, 0.3) is 5.91 Å². The van der Waals surface area contributed by atoms with E-state index in [1.54, 1.807) is 25.3 Å². The number of carbonyl (C=O) groups excluding carboxylic acids is 1. The fourth-order valence-corrected chi connectivity index (χ4v) is 2.39. The van der Waals surface area contributed by atoms with E-state index in [-0.39, 0.29) is 12.0 Å². The third kappa shape index (κ3) is 6.37.